The maximum atomic E-state index is 12.7. The van der Waals surface area contributed by atoms with Crippen molar-refractivity contribution in [1.29, 1.82) is 0 Å². The first-order valence-electron chi connectivity index (χ1n) is 7.01. The van der Waals surface area contributed by atoms with Gasteiger partial charge in [-0.3, -0.25) is 4.79 Å². The summed E-state index contributed by atoms with van der Waals surface area (Å²) in [5.74, 6) is 1.16. The molecule has 3 rings (SSSR count). The monoisotopic (exact) mass is 317 g/mol. The molecule has 0 radical (unpaired) electrons. The van der Waals surface area contributed by atoms with E-state index in [2.05, 4.69) is 6.07 Å². The minimum absolute atomic E-state index is 0.109. The number of para-hydroxylation sites is 1. The van der Waals surface area contributed by atoms with E-state index in [4.69, 9.17) is 11.6 Å². The standard InChI is InChI=1S/C17H16ClNOS/c18-14-7-2-1-6-13(14)12-17(20)19-10-5-11-21-16-9-4-3-8-15(16)19/h1-4,6-9H,5,10-12H2. The molecule has 2 nitrogen and oxygen atoms in total. The van der Waals surface area contributed by atoms with Gasteiger partial charge < -0.3 is 4.90 Å². The largest absolute Gasteiger partial charge is 0.311 e. The molecule has 0 aliphatic carbocycles. The Bertz CT molecular complexity index is 659. The fraction of sp³-hybridized carbons (Fsp3) is 0.235. The predicted octanol–water partition coefficient (Wildman–Crippen LogP) is 4.41. The van der Waals surface area contributed by atoms with E-state index in [0.717, 1.165) is 30.0 Å². The molecule has 1 heterocycles. The summed E-state index contributed by atoms with van der Waals surface area (Å²) in [5.41, 5.74) is 1.91. The number of amides is 1. The van der Waals surface area contributed by atoms with E-state index < -0.39 is 0 Å². The molecule has 108 valence electrons. The van der Waals surface area contributed by atoms with E-state index in [0.29, 0.717) is 11.4 Å². The Morgan fingerprint density at radius 1 is 1.14 bits per heavy atom. The van der Waals surface area contributed by atoms with Gasteiger partial charge >= 0.3 is 0 Å². The van der Waals surface area contributed by atoms with Crippen LogP contribution in [0.5, 0.6) is 0 Å². The zero-order chi connectivity index (χ0) is 14.7. The molecule has 0 atom stereocenters. The minimum atomic E-state index is 0.109. The van der Waals surface area contributed by atoms with Gasteiger partial charge in [-0.1, -0.05) is 41.9 Å². The smallest absolute Gasteiger partial charge is 0.231 e. The van der Waals surface area contributed by atoms with Crippen LogP contribution in [-0.2, 0) is 11.2 Å². The molecule has 21 heavy (non-hydrogen) atoms. The van der Waals surface area contributed by atoms with Gasteiger partial charge in [-0.2, -0.15) is 0 Å². The molecular formula is C17H16ClNOS. The SMILES string of the molecule is O=C(Cc1ccccc1Cl)N1CCCSc2ccccc21. The second-order valence-corrected chi connectivity index (χ2v) is 6.53. The van der Waals surface area contributed by atoms with E-state index in [1.165, 1.54) is 4.90 Å². The lowest BCUT2D eigenvalue weighted by atomic mass is 10.1. The van der Waals surface area contributed by atoms with Crippen LogP contribution in [0.15, 0.2) is 53.4 Å². The lowest BCUT2D eigenvalue weighted by Gasteiger charge is -2.22. The van der Waals surface area contributed by atoms with Gasteiger partial charge in [0, 0.05) is 16.5 Å². The Kier molecular flexibility index (Phi) is 4.51. The van der Waals surface area contributed by atoms with Crippen molar-refractivity contribution in [3.8, 4) is 0 Å². The fourth-order valence-corrected chi connectivity index (χ4v) is 3.68. The Morgan fingerprint density at radius 3 is 2.76 bits per heavy atom. The van der Waals surface area contributed by atoms with Crippen LogP contribution in [0.4, 0.5) is 5.69 Å². The summed E-state index contributed by atoms with van der Waals surface area (Å²) in [4.78, 5) is 15.8. The summed E-state index contributed by atoms with van der Waals surface area (Å²) >= 11 is 7.99. The highest BCUT2D eigenvalue weighted by atomic mass is 35.5. The van der Waals surface area contributed by atoms with Crippen LogP contribution < -0.4 is 4.90 Å². The highest BCUT2D eigenvalue weighted by molar-refractivity contribution is 7.99. The van der Waals surface area contributed by atoms with Crippen LogP contribution in [0.3, 0.4) is 0 Å². The van der Waals surface area contributed by atoms with E-state index in [1.807, 2.05) is 59.1 Å². The number of hydrogen-bond donors (Lipinski definition) is 0. The van der Waals surface area contributed by atoms with E-state index in [-0.39, 0.29) is 5.91 Å². The van der Waals surface area contributed by atoms with Crippen LogP contribution in [0.1, 0.15) is 12.0 Å². The summed E-state index contributed by atoms with van der Waals surface area (Å²) in [6.07, 6.45) is 1.35. The number of fused-ring (bicyclic) bond motifs is 1. The Hall–Kier alpha value is -1.45. The maximum absolute atomic E-state index is 12.7. The first-order valence-corrected chi connectivity index (χ1v) is 8.37. The molecule has 0 saturated heterocycles. The number of carbonyl (C=O) groups is 1. The van der Waals surface area contributed by atoms with Gasteiger partial charge in [0.25, 0.3) is 0 Å². The third-order valence-electron chi connectivity index (χ3n) is 3.54. The summed E-state index contributed by atoms with van der Waals surface area (Å²) < 4.78 is 0. The lowest BCUT2D eigenvalue weighted by Crippen LogP contribution is -2.33. The molecular weight excluding hydrogens is 302 g/mol. The predicted molar refractivity (Wildman–Crippen MR) is 89.3 cm³/mol. The zero-order valence-electron chi connectivity index (χ0n) is 11.6. The second-order valence-electron chi connectivity index (χ2n) is 4.98. The molecule has 4 heteroatoms. The van der Waals surface area contributed by atoms with E-state index in [9.17, 15) is 4.79 Å². The lowest BCUT2D eigenvalue weighted by molar-refractivity contribution is -0.118. The van der Waals surface area contributed by atoms with Gasteiger partial charge in [-0.25, -0.2) is 0 Å². The van der Waals surface area contributed by atoms with Crippen molar-refractivity contribution in [3.63, 3.8) is 0 Å². The number of benzene rings is 2. The van der Waals surface area contributed by atoms with Crippen molar-refractivity contribution in [3.05, 3.63) is 59.1 Å². The quantitative estimate of drug-likeness (QED) is 0.817. The summed E-state index contributed by atoms with van der Waals surface area (Å²) in [7, 11) is 0. The summed E-state index contributed by atoms with van der Waals surface area (Å²) in [6.45, 7) is 0.771. The Labute approximate surface area is 134 Å². The van der Waals surface area contributed by atoms with Crippen LogP contribution in [0.25, 0.3) is 0 Å². The number of halogens is 1. The van der Waals surface area contributed by atoms with Gasteiger partial charge in [0.15, 0.2) is 0 Å². The topological polar surface area (TPSA) is 20.3 Å². The average molecular weight is 318 g/mol. The molecule has 0 bridgehead atoms. The van der Waals surface area contributed by atoms with Crippen LogP contribution >= 0.6 is 23.4 Å². The highest BCUT2D eigenvalue weighted by Crippen LogP contribution is 2.34. The van der Waals surface area contributed by atoms with Crippen molar-refractivity contribution >= 4 is 35.0 Å². The molecule has 1 aliphatic rings. The van der Waals surface area contributed by atoms with Crippen LogP contribution in [-0.4, -0.2) is 18.2 Å². The fourth-order valence-electron chi connectivity index (χ4n) is 2.49. The number of thioether (sulfide) groups is 1. The highest BCUT2D eigenvalue weighted by Gasteiger charge is 2.21. The molecule has 2 aromatic rings. The van der Waals surface area contributed by atoms with Crippen molar-refractivity contribution < 1.29 is 4.79 Å². The molecule has 0 aromatic heterocycles. The Balaban J connectivity index is 1.86. The molecule has 0 spiro atoms. The van der Waals surface area contributed by atoms with Gasteiger partial charge in [-0.05, 0) is 35.9 Å². The zero-order valence-corrected chi connectivity index (χ0v) is 13.2. The maximum Gasteiger partial charge on any atom is 0.231 e. The third kappa shape index (κ3) is 3.25. The molecule has 1 aliphatic heterocycles. The van der Waals surface area contributed by atoms with Gasteiger partial charge in [0.1, 0.15) is 0 Å². The van der Waals surface area contributed by atoms with Crippen molar-refractivity contribution in [1.82, 2.24) is 0 Å². The number of nitrogens with zero attached hydrogens (tertiary/aromatic N) is 1. The first-order chi connectivity index (χ1) is 10.3. The molecule has 0 fully saturated rings. The van der Waals surface area contributed by atoms with Gasteiger partial charge in [-0.15, -0.1) is 11.8 Å². The van der Waals surface area contributed by atoms with Crippen molar-refractivity contribution in [2.24, 2.45) is 0 Å². The summed E-state index contributed by atoms with van der Waals surface area (Å²) in [6, 6.07) is 15.7. The van der Waals surface area contributed by atoms with Crippen LogP contribution in [0, 0.1) is 0 Å². The normalized spacial score (nSPS) is 14.4. The number of carbonyl (C=O) groups excluding carboxylic acids is 1. The molecule has 2 aromatic carbocycles. The van der Waals surface area contributed by atoms with Gasteiger partial charge in [0.2, 0.25) is 5.91 Å². The molecule has 0 unspecified atom stereocenters. The minimum Gasteiger partial charge on any atom is -0.311 e. The first kappa shape index (κ1) is 14.5. The molecule has 1 amide bonds. The average Bonchev–Trinajstić information content (AvgIpc) is 2.72. The number of anilines is 1. The number of hydrogen-bond acceptors (Lipinski definition) is 2. The Morgan fingerprint density at radius 2 is 1.90 bits per heavy atom. The van der Waals surface area contributed by atoms with Crippen molar-refractivity contribution in [2.45, 2.75) is 17.7 Å². The number of rotatable bonds is 2. The van der Waals surface area contributed by atoms with E-state index in [1.54, 1.807) is 0 Å². The molecule has 0 saturated carbocycles. The van der Waals surface area contributed by atoms with E-state index >= 15 is 0 Å². The van der Waals surface area contributed by atoms with Gasteiger partial charge in [0.05, 0.1) is 12.1 Å². The molecule has 0 N–H and O–H groups in total. The second kappa shape index (κ2) is 6.54. The van der Waals surface area contributed by atoms with Crippen LogP contribution in [0.2, 0.25) is 5.02 Å². The summed E-state index contributed by atoms with van der Waals surface area (Å²) in [5, 5.41) is 0.656. The third-order valence-corrected chi connectivity index (χ3v) is 5.06. The van der Waals surface area contributed by atoms with Crippen molar-refractivity contribution in [2.75, 3.05) is 17.2 Å².